The minimum atomic E-state index is 0.125. The predicted molar refractivity (Wildman–Crippen MR) is 63.5 cm³/mol. The molecule has 1 heterocycles. The van der Waals surface area contributed by atoms with Crippen molar-refractivity contribution in [3.05, 3.63) is 29.6 Å². The Morgan fingerprint density at radius 3 is 2.86 bits per heavy atom. The van der Waals surface area contributed by atoms with Crippen LogP contribution in [0, 0.1) is 6.92 Å². The van der Waals surface area contributed by atoms with Gasteiger partial charge >= 0.3 is 0 Å². The number of nitrogens with zero attached hydrogens (tertiary/aromatic N) is 1. The molecule has 1 aromatic heterocycles. The fraction of sp³-hybridized carbons (Fsp3) is 0.545. The van der Waals surface area contributed by atoms with Crippen LogP contribution in [0.1, 0.15) is 30.6 Å². The molecule has 14 heavy (non-hydrogen) atoms. The highest BCUT2D eigenvalue weighted by molar-refractivity contribution is 7.99. The summed E-state index contributed by atoms with van der Waals surface area (Å²) in [7, 11) is 0. The maximum Gasteiger partial charge on any atom is 0.0402 e. The SMILES string of the molecule is CCCSCC(N)c1ccc(C)nc1. The molecular formula is C11H18N2S. The van der Waals surface area contributed by atoms with E-state index in [9.17, 15) is 0 Å². The van der Waals surface area contributed by atoms with E-state index < -0.39 is 0 Å². The first-order valence-corrected chi connectivity index (χ1v) is 6.15. The first kappa shape index (κ1) is 11.5. The van der Waals surface area contributed by atoms with Gasteiger partial charge in [0.15, 0.2) is 0 Å². The van der Waals surface area contributed by atoms with Crippen molar-refractivity contribution < 1.29 is 0 Å². The van der Waals surface area contributed by atoms with Crippen molar-refractivity contribution in [1.82, 2.24) is 4.98 Å². The van der Waals surface area contributed by atoms with Crippen LogP contribution in [-0.2, 0) is 0 Å². The normalized spacial score (nSPS) is 12.8. The lowest BCUT2D eigenvalue weighted by Gasteiger charge is -2.10. The van der Waals surface area contributed by atoms with E-state index in [-0.39, 0.29) is 6.04 Å². The van der Waals surface area contributed by atoms with Crippen LogP contribution in [0.5, 0.6) is 0 Å². The molecule has 1 rings (SSSR count). The van der Waals surface area contributed by atoms with Gasteiger partial charge in [-0.2, -0.15) is 11.8 Å². The molecule has 78 valence electrons. The summed E-state index contributed by atoms with van der Waals surface area (Å²) in [6, 6.07) is 4.21. The zero-order valence-corrected chi connectivity index (χ0v) is 9.68. The molecule has 1 atom stereocenters. The maximum atomic E-state index is 6.03. The number of hydrogen-bond donors (Lipinski definition) is 1. The van der Waals surface area contributed by atoms with E-state index in [1.54, 1.807) is 0 Å². The molecule has 0 saturated heterocycles. The van der Waals surface area contributed by atoms with Gasteiger partial charge in [0.2, 0.25) is 0 Å². The lowest BCUT2D eigenvalue weighted by molar-refractivity contribution is 0.821. The van der Waals surface area contributed by atoms with Gasteiger partial charge in [-0.05, 0) is 30.7 Å². The van der Waals surface area contributed by atoms with Crippen molar-refractivity contribution in [3.63, 3.8) is 0 Å². The number of aromatic nitrogens is 1. The Labute approximate surface area is 90.3 Å². The molecule has 0 aromatic carbocycles. The number of pyridine rings is 1. The Balaban J connectivity index is 2.43. The second-order valence-electron chi connectivity index (χ2n) is 3.41. The third kappa shape index (κ3) is 3.68. The zero-order chi connectivity index (χ0) is 10.4. The molecular weight excluding hydrogens is 192 g/mol. The highest BCUT2D eigenvalue weighted by Crippen LogP contribution is 2.15. The predicted octanol–water partition coefficient (Wildman–Crippen LogP) is 2.53. The van der Waals surface area contributed by atoms with Gasteiger partial charge in [0.1, 0.15) is 0 Å². The summed E-state index contributed by atoms with van der Waals surface area (Å²) in [5.74, 6) is 2.17. The summed E-state index contributed by atoms with van der Waals surface area (Å²) < 4.78 is 0. The topological polar surface area (TPSA) is 38.9 Å². The van der Waals surface area contributed by atoms with E-state index in [1.807, 2.05) is 30.9 Å². The van der Waals surface area contributed by atoms with Crippen LogP contribution in [-0.4, -0.2) is 16.5 Å². The van der Waals surface area contributed by atoms with E-state index in [0.717, 1.165) is 17.0 Å². The summed E-state index contributed by atoms with van der Waals surface area (Å²) in [5.41, 5.74) is 8.21. The molecule has 1 unspecified atom stereocenters. The second-order valence-corrected chi connectivity index (χ2v) is 4.56. The Morgan fingerprint density at radius 2 is 2.29 bits per heavy atom. The number of rotatable bonds is 5. The minimum absolute atomic E-state index is 0.125. The molecule has 0 aliphatic heterocycles. The fourth-order valence-electron chi connectivity index (χ4n) is 1.15. The maximum absolute atomic E-state index is 6.03. The molecule has 0 radical (unpaired) electrons. The number of thioether (sulfide) groups is 1. The van der Waals surface area contributed by atoms with Crippen LogP contribution >= 0.6 is 11.8 Å². The Morgan fingerprint density at radius 1 is 1.50 bits per heavy atom. The van der Waals surface area contributed by atoms with Gasteiger partial charge in [0.25, 0.3) is 0 Å². The van der Waals surface area contributed by atoms with Gasteiger partial charge in [0.05, 0.1) is 0 Å². The van der Waals surface area contributed by atoms with Crippen molar-refractivity contribution in [2.45, 2.75) is 26.3 Å². The standard InChI is InChI=1S/C11H18N2S/c1-3-6-14-8-11(12)10-5-4-9(2)13-7-10/h4-5,7,11H,3,6,8,12H2,1-2H3. The lowest BCUT2D eigenvalue weighted by atomic mass is 10.1. The lowest BCUT2D eigenvalue weighted by Crippen LogP contribution is -2.13. The Kier molecular flexibility index (Phi) is 4.98. The highest BCUT2D eigenvalue weighted by Gasteiger charge is 2.05. The minimum Gasteiger partial charge on any atom is -0.323 e. The van der Waals surface area contributed by atoms with Gasteiger partial charge in [-0.1, -0.05) is 13.0 Å². The third-order valence-electron chi connectivity index (χ3n) is 2.01. The third-order valence-corrected chi connectivity index (χ3v) is 3.30. The molecule has 0 bridgehead atoms. The number of hydrogen-bond acceptors (Lipinski definition) is 3. The number of nitrogens with two attached hydrogens (primary N) is 1. The van der Waals surface area contributed by atoms with Gasteiger partial charge < -0.3 is 5.73 Å². The van der Waals surface area contributed by atoms with Gasteiger partial charge in [0, 0.05) is 23.7 Å². The fourth-order valence-corrected chi connectivity index (χ4v) is 2.05. The molecule has 0 aliphatic rings. The van der Waals surface area contributed by atoms with Crippen molar-refractivity contribution in [3.8, 4) is 0 Å². The van der Waals surface area contributed by atoms with Crippen molar-refractivity contribution >= 4 is 11.8 Å². The van der Waals surface area contributed by atoms with Crippen molar-refractivity contribution in [1.29, 1.82) is 0 Å². The van der Waals surface area contributed by atoms with E-state index >= 15 is 0 Å². The highest BCUT2D eigenvalue weighted by atomic mass is 32.2. The summed E-state index contributed by atoms with van der Waals surface area (Å²) in [5, 5.41) is 0. The van der Waals surface area contributed by atoms with E-state index in [0.29, 0.717) is 0 Å². The van der Waals surface area contributed by atoms with Crippen molar-refractivity contribution in [2.75, 3.05) is 11.5 Å². The molecule has 1 aromatic rings. The molecule has 2 N–H and O–H groups in total. The molecule has 2 nitrogen and oxygen atoms in total. The monoisotopic (exact) mass is 210 g/mol. The van der Waals surface area contributed by atoms with E-state index in [2.05, 4.69) is 18.0 Å². The summed E-state index contributed by atoms with van der Waals surface area (Å²) in [4.78, 5) is 4.24. The van der Waals surface area contributed by atoms with Crippen LogP contribution in [0.3, 0.4) is 0 Å². The average molecular weight is 210 g/mol. The van der Waals surface area contributed by atoms with Crippen LogP contribution in [0.25, 0.3) is 0 Å². The smallest absolute Gasteiger partial charge is 0.0402 e. The Bertz CT molecular complexity index is 258. The Hall–Kier alpha value is -0.540. The average Bonchev–Trinajstić information content (AvgIpc) is 2.19. The van der Waals surface area contributed by atoms with Crippen LogP contribution < -0.4 is 5.73 Å². The van der Waals surface area contributed by atoms with Gasteiger partial charge in [-0.15, -0.1) is 0 Å². The first-order chi connectivity index (χ1) is 6.74. The summed E-state index contributed by atoms with van der Waals surface area (Å²) in [6.07, 6.45) is 3.09. The molecule has 3 heteroatoms. The second kappa shape index (κ2) is 6.04. The van der Waals surface area contributed by atoms with Crippen LogP contribution in [0.4, 0.5) is 0 Å². The van der Waals surface area contributed by atoms with Gasteiger partial charge in [-0.25, -0.2) is 0 Å². The largest absolute Gasteiger partial charge is 0.323 e. The molecule has 0 saturated carbocycles. The zero-order valence-electron chi connectivity index (χ0n) is 8.86. The number of aryl methyl sites for hydroxylation is 1. The van der Waals surface area contributed by atoms with Crippen LogP contribution in [0.2, 0.25) is 0 Å². The molecule has 0 spiro atoms. The van der Waals surface area contributed by atoms with Crippen molar-refractivity contribution in [2.24, 2.45) is 5.73 Å². The van der Waals surface area contributed by atoms with Gasteiger partial charge in [-0.3, -0.25) is 4.98 Å². The molecule has 0 fully saturated rings. The quantitative estimate of drug-likeness (QED) is 0.759. The summed E-state index contributed by atoms with van der Waals surface area (Å²) in [6.45, 7) is 4.17. The molecule has 0 aliphatic carbocycles. The van der Waals surface area contributed by atoms with Crippen LogP contribution in [0.15, 0.2) is 18.3 Å². The van der Waals surface area contributed by atoms with E-state index in [1.165, 1.54) is 12.2 Å². The molecule has 0 amide bonds. The summed E-state index contributed by atoms with van der Waals surface area (Å²) >= 11 is 1.91. The van der Waals surface area contributed by atoms with E-state index in [4.69, 9.17) is 5.73 Å². The first-order valence-electron chi connectivity index (χ1n) is 5.00.